The first-order valence-electron chi connectivity index (χ1n) is 7.78. The zero-order chi connectivity index (χ0) is 17.3. The topological polar surface area (TPSA) is 46.6 Å². The summed E-state index contributed by atoms with van der Waals surface area (Å²) in [5.74, 6) is -0.395. The molecule has 1 saturated heterocycles. The Balaban J connectivity index is 1.70. The van der Waals surface area contributed by atoms with E-state index >= 15 is 0 Å². The van der Waals surface area contributed by atoms with Crippen LogP contribution in [0.3, 0.4) is 0 Å². The maximum atomic E-state index is 12.4. The van der Waals surface area contributed by atoms with Crippen molar-refractivity contribution in [1.29, 1.82) is 0 Å². The molecule has 1 atom stereocenters. The molecule has 1 aliphatic heterocycles. The van der Waals surface area contributed by atoms with Crippen molar-refractivity contribution in [3.63, 3.8) is 0 Å². The van der Waals surface area contributed by atoms with E-state index in [-0.39, 0.29) is 18.3 Å². The van der Waals surface area contributed by atoms with Gasteiger partial charge in [-0.15, -0.1) is 0 Å². The molecule has 24 heavy (non-hydrogen) atoms. The van der Waals surface area contributed by atoms with Crippen molar-refractivity contribution in [1.82, 2.24) is 0 Å². The summed E-state index contributed by atoms with van der Waals surface area (Å²) in [6, 6.07) is 12.7. The molecule has 5 heteroatoms. The van der Waals surface area contributed by atoms with E-state index in [1.807, 2.05) is 32.0 Å². The Hall–Kier alpha value is -2.33. The van der Waals surface area contributed by atoms with E-state index in [0.29, 0.717) is 17.3 Å². The molecule has 1 amide bonds. The molecule has 0 unspecified atom stereocenters. The minimum Gasteiger partial charge on any atom is -0.426 e. The van der Waals surface area contributed by atoms with Gasteiger partial charge in [-0.25, -0.2) is 0 Å². The molecule has 1 aliphatic rings. The number of anilines is 1. The molecular formula is C19H18ClNO3. The van der Waals surface area contributed by atoms with Crippen LogP contribution in [0.4, 0.5) is 5.69 Å². The van der Waals surface area contributed by atoms with Crippen LogP contribution in [0.25, 0.3) is 0 Å². The summed E-state index contributed by atoms with van der Waals surface area (Å²) in [5.41, 5.74) is 2.80. The maximum absolute atomic E-state index is 12.4. The highest BCUT2D eigenvalue weighted by atomic mass is 35.5. The molecule has 0 N–H and O–H groups in total. The van der Waals surface area contributed by atoms with E-state index in [1.165, 1.54) is 0 Å². The van der Waals surface area contributed by atoms with E-state index in [4.69, 9.17) is 16.3 Å². The molecule has 1 heterocycles. The molecule has 1 fully saturated rings. The van der Waals surface area contributed by atoms with Gasteiger partial charge in [-0.3, -0.25) is 9.59 Å². The lowest BCUT2D eigenvalue weighted by Gasteiger charge is -2.16. The number of rotatable bonds is 3. The van der Waals surface area contributed by atoms with E-state index in [9.17, 15) is 9.59 Å². The SMILES string of the molecule is Cc1cc(C)cc(OC(=O)[C@H]2CC(=O)N(c3ccc(Cl)cc3)C2)c1. The molecule has 2 aromatic carbocycles. The summed E-state index contributed by atoms with van der Waals surface area (Å²) in [4.78, 5) is 26.2. The standard InChI is InChI=1S/C19H18ClNO3/c1-12-7-13(2)9-17(8-12)24-19(23)14-10-18(22)21(11-14)16-5-3-15(20)4-6-16/h3-9,14H,10-11H2,1-2H3/t14-/m0/s1. The number of carbonyl (C=O) groups excluding carboxylic acids is 2. The molecule has 124 valence electrons. The molecule has 0 radical (unpaired) electrons. The highest BCUT2D eigenvalue weighted by Crippen LogP contribution is 2.27. The summed E-state index contributed by atoms with van der Waals surface area (Å²) in [7, 11) is 0. The van der Waals surface area contributed by atoms with Crippen LogP contribution in [0.2, 0.25) is 5.02 Å². The van der Waals surface area contributed by atoms with Gasteiger partial charge in [0.15, 0.2) is 0 Å². The molecule has 0 bridgehead atoms. The minimum atomic E-state index is -0.464. The van der Waals surface area contributed by atoms with Gasteiger partial charge in [0.2, 0.25) is 5.91 Å². The van der Waals surface area contributed by atoms with Crippen LogP contribution < -0.4 is 9.64 Å². The van der Waals surface area contributed by atoms with E-state index in [1.54, 1.807) is 29.2 Å². The summed E-state index contributed by atoms with van der Waals surface area (Å²) in [6.07, 6.45) is 0.159. The van der Waals surface area contributed by atoms with Crippen molar-refractivity contribution in [3.05, 3.63) is 58.6 Å². The molecule has 0 aromatic heterocycles. The second kappa shape index (κ2) is 6.65. The highest BCUT2D eigenvalue weighted by molar-refractivity contribution is 6.30. The zero-order valence-electron chi connectivity index (χ0n) is 13.6. The van der Waals surface area contributed by atoms with E-state index < -0.39 is 5.92 Å². The number of esters is 1. The fraction of sp³-hybridized carbons (Fsp3) is 0.263. The zero-order valence-corrected chi connectivity index (χ0v) is 14.3. The lowest BCUT2D eigenvalue weighted by molar-refractivity contribution is -0.139. The van der Waals surface area contributed by atoms with Gasteiger partial charge in [-0.05, 0) is 61.4 Å². The first-order valence-corrected chi connectivity index (χ1v) is 8.16. The van der Waals surface area contributed by atoms with Crippen molar-refractivity contribution in [2.24, 2.45) is 5.92 Å². The Morgan fingerprint density at radius 2 is 1.75 bits per heavy atom. The molecule has 2 aromatic rings. The summed E-state index contributed by atoms with van der Waals surface area (Å²) >= 11 is 5.87. The predicted molar refractivity (Wildman–Crippen MR) is 93.5 cm³/mol. The van der Waals surface area contributed by atoms with Gasteiger partial charge in [0.05, 0.1) is 5.92 Å². The second-order valence-electron chi connectivity index (χ2n) is 6.13. The average Bonchev–Trinajstić information content (AvgIpc) is 2.89. The lowest BCUT2D eigenvalue weighted by Crippen LogP contribution is -2.27. The average molecular weight is 344 g/mol. The number of benzene rings is 2. The number of nitrogens with zero attached hydrogens (tertiary/aromatic N) is 1. The fourth-order valence-electron chi connectivity index (χ4n) is 2.93. The summed E-state index contributed by atoms with van der Waals surface area (Å²) < 4.78 is 5.47. The molecule has 0 saturated carbocycles. The van der Waals surface area contributed by atoms with Gasteiger partial charge < -0.3 is 9.64 Å². The van der Waals surface area contributed by atoms with Gasteiger partial charge in [0.25, 0.3) is 0 Å². The monoisotopic (exact) mass is 343 g/mol. The van der Waals surface area contributed by atoms with Gasteiger partial charge in [-0.1, -0.05) is 17.7 Å². The Morgan fingerprint density at radius 1 is 1.12 bits per heavy atom. The molecule has 3 rings (SSSR count). The Labute approximate surface area is 146 Å². The number of hydrogen-bond donors (Lipinski definition) is 0. The van der Waals surface area contributed by atoms with Gasteiger partial charge in [-0.2, -0.15) is 0 Å². The molecular weight excluding hydrogens is 326 g/mol. The normalized spacial score (nSPS) is 17.2. The number of amides is 1. The molecule has 0 aliphatic carbocycles. The third-order valence-corrected chi connectivity index (χ3v) is 4.26. The number of ether oxygens (including phenoxy) is 1. The Kier molecular flexibility index (Phi) is 4.58. The van der Waals surface area contributed by atoms with Crippen molar-refractivity contribution in [3.8, 4) is 5.75 Å². The van der Waals surface area contributed by atoms with Gasteiger partial charge >= 0.3 is 5.97 Å². The number of halogens is 1. The van der Waals surface area contributed by atoms with E-state index in [2.05, 4.69) is 0 Å². The number of aryl methyl sites for hydroxylation is 2. The summed E-state index contributed by atoms with van der Waals surface area (Å²) in [5, 5.41) is 0.608. The van der Waals surface area contributed by atoms with Crippen LogP contribution >= 0.6 is 11.6 Å². The second-order valence-corrected chi connectivity index (χ2v) is 6.56. The van der Waals surface area contributed by atoms with Gasteiger partial charge in [0, 0.05) is 23.7 Å². The van der Waals surface area contributed by atoms with Crippen molar-refractivity contribution >= 4 is 29.2 Å². The number of carbonyl (C=O) groups is 2. The van der Waals surface area contributed by atoms with Crippen molar-refractivity contribution in [2.45, 2.75) is 20.3 Å². The minimum absolute atomic E-state index is 0.0836. The van der Waals surface area contributed by atoms with Crippen LogP contribution in [0, 0.1) is 19.8 Å². The first kappa shape index (κ1) is 16.5. The third-order valence-electron chi connectivity index (χ3n) is 4.01. The summed E-state index contributed by atoms with van der Waals surface area (Å²) in [6.45, 7) is 4.22. The Bertz CT molecular complexity index is 765. The van der Waals surface area contributed by atoms with Crippen LogP contribution in [-0.4, -0.2) is 18.4 Å². The smallest absolute Gasteiger partial charge is 0.316 e. The van der Waals surface area contributed by atoms with Crippen molar-refractivity contribution < 1.29 is 14.3 Å². The number of hydrogen-bond acceptors (Lipinski definition) is 3. The van der Waals surface area contributed by atoms with Crippen LogP contribution in [-0.2, 0) is 9.59 Å². The predicted octanol–water partition coefficient (Wildman–Crippen LogP) is 3.92. The van der Waals surface area contributed by atoms with Crippen molar-refractivity contribution in [2.75, 3.05) is 11.4 Å². The lowest BCUT2D eigenvalue weighted by atomic mass is 10.1. The van der Waals surface area contributed by atoms with E-state index in [0.717, 1.165) is 16.8 Å². The quantitative estimate of drug-likeness (QED) is 0.627. The Morgan fingerprint density at radius 3 is 2.38 bits per heavy atom. The third kappa shape index (κ3) is 3.60. The van der Waals surface area contributed by atoms with Crippen LogP contribution in [0.1, 0.15) is 17.5 Å². The molecule has 4 nitrogen and oxygen atoms in total. The highest BCUT2D eigenvalue weighted by Gasteiger charge is 2.36. The molecule has 0 spiro atoms. The maximum Gasteiger partial charge on any atom is 0.316 e. The van der Waals surface area contributed by atoms with Gasteiger partial charge in [0.1, 0.15) is 5.75 Å². The van der Waals surface area contributed by atoms with Crippen LogP contribution in [0.15, 0.2) is 42.5 Å². The largest absolute Gasteiger partial charge is 0.426 e. The first-order chi connectivity index (χ1) is 11.4. The fourth-order valence-corrected chi connectivity index (χ4v) is 3.05. The van der Waals surface area contributed by atoms with Crippen LogP contribution in [0.5, 0.6) is 5.75 Å².